The van der Waals surface area contributed by atoms with Gasteiger partial charge in [0.1, 0.15) is 5.58 Å². The molecule has 0 aliphatic carbocycles. The second kappa shape index (κ2) is 9.25. The molecule has 162 valence electrons. The Morgan fingerprint density at radius 2 is 1.74 bits per heavy atom. The van der Waals surface area contributed by atoms with Gasteiger partial charge in [0, 0.05) is 35.4 Å². The number of carbonyl (C=O) groups excluding carboxylic acids is 2. The fourth-order valence-electron chi connectivity index (χ4n) is 3.93. The lowest BCUT2D eigenvalue weighted by molar-refractivity contribution is -0.146. The van der Waals surface area contributed by atoms with Gasteiger partial charge < -0.3 is 19.4 Å². The molecule has 3 aromatic rings. The number of carbonyl (C=O) groups is 2. The van der Waals surface area contributed by atoms with Crippen molar-refractivity contribution in [3.05, 3.63) is 59.4 Å². The number of furan rings is 1. The lowest BCUT2D eigenvalue weighted by atomic mass is 10.0. The molecule has 2 heterocycles. The van der Waals surface area contributed by atoms with Crippen molar-refractivity contribution in [2.75, 3.05) is 29.9 Å². The van der Waals surface area contributed by atoms with E-state index >= 15 is 0 Å². The minimum Gasteiger partial charge on any atom is -0.464 e. The molecular formula is C25H28N2O4. The summed E-state index contributed by atoms with van der Waals surface area (Å²) in [6, 6.07) is 11.8. The average molecular weight is 421 g/mol. The monoisotopic (exact) mass is 420 g/mol. The molecule has 1 aliphatic heterocycles. The standard InChI is InChI=1S/C25H28N2O4/c1-17-12-22-19(15-30-23(22)13-18(17)2)14-25(29)31-16-24(28)26-20-6-8-21(9-7-20)27-10-4-3-5-11-27/h6-9,12-13,15H,3-5,10-11,14,16H2,1-2H3,(H,26,28). The van der Waals surface area contributed by atoms with Gasteiger partial charge in [0.05, 0.1) is 12.7 Å². The van der Waals surface area contributed by atoms with E-state index in [1.807, 2.05) is 50.2 Å². The number of nitrogens with zero attached hydrogens (tertiary/aromatic N) is 1. The molecule has 2 aromatic carbocycles. The van der Waals surface area contributed by atoms with Gasteiger partial charge in [0.25, 0.3) is 5.91 Å². The Morgan fingerprint density at radius 1 is 1.03 bits per heavy atom. The van der Waals surface area contributed by atoms with Gasteiger partial charge in [-0.1, -0.05) is 0 Å². The number of rotatable bonds is 6. The Kier molecular flexibility index (Phi) is 6.26. The molecule has 31 heavy (non-hydrogen) atoms. The van der Waals surface area contributed by atoms with Crippen molar-refractivity contribution in [1.29, 1.82) is 0 Å². The number of hydrogen-bond donors (Lipinski definition) is 1. The average Bonchev–Trinajstić information content (AvgIpc) is 3.15. The number of hydrogen-bond acceptors (Lipinski definition) is 5. The van der Waals surface area contributed by atoms with Crippen LogP contribution in [0.5, 0.6) is 0 Å². The SMILES string of the molecule is Cc1cc2occ(CC(=O)OCC(=O)Nc3ccc(N4CCCCC4)cc3)c2cc1C. The molecule has 1 amide bonds. The third-order valence-corrected chi connectivity index (χ3v) is 5.84. The van der Waals surface area contributed by atoms with Gasteiger partial charge in [0.15, 0.2) is 6.61 Å². The lowest BCUT2D eigenvalue weighted by Crippen LogP contribution is -2.29. The molecule has 0 atom stereocenters. The summed E-state index contributed by atoms with van der Waals surface area (Å²) in [4.78, 5) is 26.8. The first kappa shape index (κ1) is 21.0. The molecule has 1 aromatic heterocycles. The van der Waals surface area contributed by atoms with Gasteiger partial charge in [0.2, 0.25) is 0 Å². The van der Waals surface area contributed by atoms with Crippen molar-refractivity contribution in [2.24, 2.45) is 0 Å². The maximum Gasteiger partial charge on any atom is 0.310 e. The molecule has 1 N–H and O–H groups in total. The molecule has 0 unspecified atom stereocenters. The van der Waals surface area contributed by atoms with Gasteiger partial charge in [-0.3, -0.25) is 9.59 Å². The third kappa shape index (κ3) is 5.08. The van der Waals surface area contributed by atoms with E-state index in [0.29, 0.717) is 5.69 Å². The molecule has 6 nitrogen and oxygen atoms in total. The van der Waals surface area contributed by atoms with Crippen molar-refractivity contribution in [2.45, 2.75) is 39.5 Å². The highest BCUT2D eigenvalue weighted by molar-refractivity contribution is 5.93. The van der Waals surface area contributed by atoms with Crippen LogP contribution in [0.2, 0.25) is 0 Å². The second-order valence-electron chi connectivity index (χ2n) is 8.17. The van der Waals surface area contributed by atoms with Gasteiger partial charge in [-0.05, 0) is 80.6 Å². The van der Waals surface area contributed by atoms with Crippen LogP contribution in [-0.2, 0) is 20.7 Å². The molecule has 1 aliphatic rings. The first-order chi connectivity index (χ1) is 15.0. The van der Waals surface area contributed by atoms with E-state index in [4.69, 9.17) is 9.15 Å². The van der Waals surface area contributed by atoms with Gasteiger partial charge in [-0.25, -0.2) is 0 Å². The van der Waals surface area contributed by atoms with Crippen LogP contribution in [0.3, 0.4) is 0 Å². The molecule has 1 fully saturated rings. The normalized spacial score (nSPS) is 13.9. The van der Waals surface area contributed by atoms with Crippen LogP contribution in [0.4, 0.5) is 11.4 Å². The van der Waals surface area contributed by atoms with Gasteiger partial charge in [-0.2, -0.15) is 0 Å². The summed E-state index contributed by atoms with van der Waals surface area (Å²) in [5, 5.41) is 3.68. The quantitative estimate of drug-likeness (QED) is 0.582. The zero-order valence-corrected chi connectivity index (χ0v) is 18.1. The number of benzene rings is 2. The molecule has 6 heteroatoms. The number of esters is 1. The van der Waals surface area contributed by atoms with Crippen LogP contribution in [0.1, 0.15) is 36.0 Å². The summed E-state index contributed by atoms with van der Waals surface area (Å²) < 4.78 is 10.7. The number of nitrogens with one attached hydrogen (secondary N) is 1. The first-order valence-corrected chi connectivity index (χ1v) is 10.8. The van der Waals surface area contributed by atoms with E-state index in [0.717, 1.165) is 40.7 Å². The fourth-order valence-corrected chi connectivity index (χ4v) is 3.93. The largest absolute Gasteiger partial charge is 0.464 e. The lowest BCUT2D eigenvalue weighted by Gasteiger charge is -2.28. The van der Waals surface area contributed by atoms with Crippen molar-refractivity contribution in [3.63, 3.8) is 0 Å². The highest BCUT2D eigenvalue weighted by atomic mass is 16.5. The summed E-state index contributed by atoms with van der Waals surface area (Å²) in [6.45, 7) is 5.87. The second-order valence-corrected chi connectivity index (χ2v) is 8.17. The Morgan fingerprint density at radius 3 is 2.48 bits per heavy atom. The van der Waals surface area contributed by atoms with Crippen molar-refractivity contribution in [3.8, 4) is 0 Å². The summed E-state index contributed by atoms with van der Waals surface area (Å²) in [7, 11) is 0. The summed E-state index contributed by atoms with van der Waals surface area (Å²) >= 11 is 0. The minimum absolute atomic E-state index is 0.0628. The Bertz CT molecular complexity index is 1080. The van der Waals surface area contributed by atoms with Gasteiger partial charge >= 0.3 is 5.97 Å². The van der Waals surface area contributed by atoms with E-state index in [9.17, 15) is 9.59 Å². The van der Waals surface area contributed by atoms with Crippen molar-refractivity contribution >= 4 is 34.2 Å². The Balaban J connectivity index is 1.28. The highest BCUT2D eigenvalue weighted by Crippen LogP contribution is 2.25. The van der Waals surface area contributed by atoms with Crippen LogP contribution < -0.4 is 10.2 Å². The number of fused-ring (bicyclic) bond motifs is 1. The number of ether oxygens (including phenoxy) is 1. The number of anilines is 2. The van der Waals surface area contributed by atoms with E-state index in [1.54, 1.807) is 6.26 Å². The maximum absolute atomic E-state index is 12.2. The fraction of sp³-hybridized carbons (Fsp3) is 0.360. The van der Waals surface area contributed by atoms with Gasteiger partial charge in [-0.15, -0.1) is 0 Å². The third-order valence-electron chi connectivity index (χ3n) is 5.84. The molecular weight excluding hydrogens is 392 g/mol. The molecule has 0 saturated carbocycles. The van der Waals surface area contributed by atoms with Crippen molar-refractivity contribution < 1.29 is 18.7 Å². The van der Waals surface area contributed by atoms with Crippen molar-refractivity contribution in [1.82, 2.24) is 0 Å². The molecule has 0 spiro atoms. The molecule has 0 bridgehead atoms. The summed E-state index contributed by atoms with van der Waals surface area (Å²) in [5.74, 6) is -0.820. The van der Waals surface area contributed by atoms with E-state index in [1.165, 1.54) is 24.9 Å². The van der Waals surface area contributed by atoms with E-state index in [-0.39, 0.29) is 18.9 Å². The highest BCUT2D eigenvalue weighted by Gasteiger charge is 2.15. The zero-order chi connectivity index (χ0) is 21.8. The van der Waals surface area contributed by atoms with E-state index in [2.05, 4.69) is 10.2 Å². The van der Waals surface area contributed by atoms with Crippen LogP contribution in [0, 0.1) is 13.8 Å². The summed E-state index contributed by atoms with van der Waals surface area (Å²) in [5.41, 5.74) is 5.63. The molecule has 1 saturated heterocycles. The van der Waals surface area contributed by atoms with Crippen LogP contribution in [0.25, 0.3) is 11.0 Å². The predicted octanol–water partition coefficient (Wildman–Crippen LogP) is 4.76. The topological polar surface area (TPSA) is 71.8 Å². The number of aryl methyl sites for hydroxylation is 2. The van der Waals surface area contributed by atoms with Crippen LogP contribution >= 0.6 is 0 Å². The van der Waals surface area contributed by atoms with Crippen LogP contribution in [0.15, 0.2) is 47.1 Å². The van der Waals surface area contributed by atoms with Crippen LogP contribution in [-0.4, -0.2) is 31.6 Å². The summed E-state index contributed by atoms with van der Waals surface area (Å²) in [6.07, 6.45) is 5.37. The zero-order valence-electron chi connectivity index (χ0n) is 18.1. The predicted molar refractivity (Wildman–Crippen MR) is 121 cm³/mol. The number of amides is 1. The minimum atomic E-state index is -0.462. The van der Waals surface area contributed by atoms with E-state index < -0.39 is 5.97 Å². The first-order valence-electron chi connectivity index (χ1n) is 10.8. The molecule has 0 radical (unpaired) electrons. The smallest absolute Gasteiger partial charge is 0.310 e. The number of piperidine rings is 1. The molecule has 4 rings (SSSR count). The maximum atomic E-state index is 12.2. The Labute approximate surface area is 182 Å². The Hall–Kier alpha value is -3.28.